The molecule has 0 fully saturated rings. The fourth-order valence-corrected chi connectivity index (χ4v) is 0.605. The molecular weight excluding hydrogens is 148 g/mol. The first kappa shape index (κ1) is 10.8. The lowest BCUT2D eigenvalue weighted by Gasteiger charge is -2.26. The SMILES string of the molecule is CCOCC(CO)(CO)CO. The molecule has 0 saturated heterocycles. The monoisotopic (exact) mass is 164 g/mol. The van der Waals surface area contributed by atoms with E-state index in [9.17, 15) is 0 Å². The van der Waals surface area contributed by atoms with E-state index in [1.54, 1.807) is 0 Å². The molecule has 0 bridgehead atoms. The van der Waals surface area contributed by atoms with E-state index in [0.717, 1.165) is 0 Å². The van der Waals surface area contributed by atoms with E-state index in [2.05, 4.69) is 0 Å². The number of hydrogen-bond donors (Lipinski definition) is 3. The van der Waals surface area contributed by atoms with Gasteiger partial charge in [-0.3, -0.25) is 0 Å². The van der Waals surface area contributed by atoms with E-state index in [1.165, 1.54) is 0 Å². The van der Waals surface area contributed by atoms with Crippen LogP contribution in [0.2, 0.25) is 0 Å². The summed E-state index contributed by atoms with van der Waals surface area (Å²) in [7, 11) is 0. The van der Waals surface area contributed by atoms with Crippen molar-refractivity contribution in [2.24, 2.45) is 5.41 Å². The quantitative estimate of drug-likeness (QED) is 0.470. The molecule has 0 aliphatic carbocycles. The van der Waals surface area contributed by atoms with E-state index >= 15 is 0 Å². The maximum atomic E-state index is 8.80. The van der Waals surface area contributed by atoms with Crippen LogP contribution in [0, 0.1) is 5.41 Å². The molecule has 0 aromatic rings. The van der Waals surface area contributed by atoms with Crippen molar-refractivity contribution >= 4 is 0 Å². The maximum absolute atomic E-state index is 8.80. The van der Waals surface area contributed by atoms with E-state index in [1.807, 2.05) is 6.92 Å². The van der Waals surface area contributed by atoms with Gasteiger partial charge in [0, 0.05) is 6.61 Å². The van der Waals surface area contributed by atoms with Crippen molar-refractivity contribution in [3.05, 3.63) is 0 Å². The minimum atomic E-state index is -0.879. The minimum absolute atomic E-state index is 0.188. The third-order valence-electron chi connectivity index (χ3n) is 1.62. The molecule has 0 heterocycles. The molecule has 68 valence electrons. The molecule has 4 nitrogen and oxygen atoms in total. The van der Waals surface area contributed by atoms with Crippen LogP contribution in [0.4, 0.5) is 0 Å². The smallest absolute Gasteiger partial charge is 0.0629 e. The van der Waals surface area contributed by atoms with Gasteiger partial charge in [0.15, 0.2) is 0 Å². The molecule has 0 saturated carbocycles. The lowest BCUT2D eigenvalue weighted by Crippen LogP contribution is -2.38. The predicted octanol–water partition coefficient (Wildman–Crippen LogP) is -1.01. The Labute approximate surface area is 66.4 Å². The van der Waals surface area contributed by atoms with Crippen LogP contribution in [-0.2, 0) is 4.74 Å². The zero-order valence-corrected chi connectivity index (χ0v) is 6.79. The number of hydrogen-bond acceptors (Lipinski definition) is 4. The first-order valence-corrected chi connectivity index (χ1v) is 3.65. The van der Waals surface area contributed by atoms with Crippen molar-refractivity contribution < 1.29 is 20.1 Å². The third-order valence-corrected chi connectivity index (χ3v) is 1.62. The molecule has 0 amide bonds. The van der Waals surface area contributed by atoms with Crippen LogP contribution in [0.5, 0.6) is 0 Å². The highest BCUT2D eigenvalue weighted by Crippen LogP contribution is 2.14. The van der Waals surface area contributed by atoms with E-state index in [-0.39, 0.29) is 26.4 Å². The standard InChI is InChI=1S/C7H16O4/c1-2-11-6-7(3-8,4-9)5-10/h8-10H,2-6H2,1H3. The summed E-state index contributed by atoms with van der Waals surface area (Å²) in [6.07, 6.45) is 0. The molecule has 0 aliphatic heterocycles. The Morgan fingerprint density at radius 1 is 1.09 bits per heavy atom. The van der Waals surface area contributed by atoms with Gasteiger partial charge in [0.1, 0.15) is 0 Å². The van der Waals surface area contributed by atoms with Crippen LogP contribution in [-0.4, -0.2) is 48.4 Å². The van der Waals surface area contributed by atoms with Crippen LogP contribution < -0.4 is 0 Å². The van der Waals surface area contributed by atoms with Gasteiger partial charge in [-0.05, 0) is 6.92 Å². The third kappa shape index (κ3) is 3.16. The summed E-state index contributed by atoms with van der Waals surface area (Å²) in [4.78, 5) is 0. The number of rotatable bonds is 6. The minimum Gasteiger partial charge on any atom is -0.396 e. The van der Waals surface area contributed by atoms with Crippen molar-refractivity contribution in [3.63, 3.8) is 0 Å². The van der Waals surface area contributed by atoms with Crippen LogP contribution in [0.25, 0.3) is 0 Å². The second-order valence-corrected chi connectivity index (χ2v) is 2.61. The van der Waals surface area contributed by atoms with Gasteiger partial charge in [-0.2, -0.15) is 0 Å². The van der Waals surface area contributed by atoms with Crippen molar-refractivity contribution in [1.29, 1.82) is 0 Å². The van der Waals surface area contributed by atoms with Gasteiger partial charge >= 0.3 is 0 Å². The Balaban J connectivity index is 3.84. The van der Waals surface area contributed by atoms with Gasteiger partial charge in [-0.15, -0.1) is 0 Å². The van der Waals surface area contributed by atoms with Gasteiger partial charge in [-0.25, -0.2) is 0 Å². The van der Waals surface area contributed by atoms with Crippen molar-refractivity contribution in [3.8, 4) is 0 Å². The fourth-order valence-electron chi connectivity index (χ4n) is 0.605. The molecule has 0 rings (SSSR count). The molecule has 3 N–H and O–H groups in total. The Morgan fingerprint density at radius 3 is 1.82 bits per heavy atom. The van der Waals surface area contributed by atoms with E-state index in [4.69, 9.17) is 20.1 Å². The summed E-state index contributed by atoms with van der Waals surface area (Å²) < 4.78 is 4.99. The zero-order valence-electron chi connectivity index (χ0n) is 6.79. The molecule has 0 aromatic carbocycles. The molecule has 0 aromatic heterocycles. The first-order valence-electron chi connectivity index (χ1n) is 3.65. The molecular formula is C7H16O4. The fraction of sp³-hybridized carbons (Fsp3) is 1.00. The summed E-state index contributed by atoms with van der Waals surface area (Å²) in [5.74, 6) is 0. The molecule has 0 unspecified atom stereocenters. The van der Waals surface area contributed by atoms with Crippen molar-refractivity contribution in [2.45, 2.75) is 6.92 Å². The number of ether oxygens (including phenoxy) is 1. The second-order valence-electron chi connectivity index (χ2n) is 2.61. The van der Waals surface area contributed by atoms with Crippen LogP contribution in [0.15, 0.2) is 0 Å². The zero-order chi connectivity index (χ0) is 8.74. The molecule has 0 atom stereocenters. The van der Waals surface area contributed by atoms with Gasteiger partial charge < -0.3 is 20.1 Å². The molecule has 0 spiro atoms. The van der Waals surface area contributed by atoms with Crippen LogP contribution in [0.1, 0.15) is 6.92 Å². The molecule has 0 aliphatic rings. The summed E-state index contributed by atoms with van der Waals surface area (Å²) in [6, 6.07) is 0. The highest BCUT2D eigenvalue weighted by atomic mass is 16.5. The van der Waals surface area contributed by atoms with Gasteiger partial charge in [-0.1, -0.05) is 0 Å². The van der Waals surface area contributed by atoms with Crippen LogP contribution in [0.3, 0.4) is 0 Å². The molecule has 0 radical (unpaired) electrons. The lowest BCUT2D eigenvalue weighted by molar-refractivity contribution is -0.0552. The molecule has 11 heavy (non-hydrogen) atoms. The summed E-state index contributed by atoms with van der Waals surface area (Å²) in [5.41, 5.74) is -0.879. The maximum Gasteiger partial charge on any atom is 0.0629 e. The van der Waals surface area contributed by atoms with Crippen LogP contribution >= 0.6 is 0 Å². The molecule has 4 heteroatoms. The van der Waals surface area contributed by atoms with E-state index < -0.39 is 5.41 Å². The topological polar surface area (TPSA) is 69.9 Å². The van der Waals surface area contributed by atoms with Gasteiger partial charge in [0.25, 0.3) is 0 Å². The average molecular weight is 164 g/mol. The summed E-state index contributed by atoms with van der Waals surface area (Å²) in [5, 5.41) is 26.4. The summed E-state index contributed by atoms with van der Waals surface area (Å²) >= 11 is 0. The Hall–Kier alpha value is -0.160. The number of aliphatic hydroxyl groups is 3. The average Bonchev–Trinajstić information content (AvgIpc) is 2.08. The number of aliphatic hydroxyl groups excluding tert-OH is 3. The normalized spacial score (nSPS) is 12.0. The van der Waals surface area contributed by atoms with Gasteiger partial charge in [0.05, 0.1) is 31.8 Å². The lowest BCUT2D eigenvalue weighted by atomic mass is 9.93. The largest absolute Gasteiger partial charge is 0.396 e. The van der Waals surface area contributed by atoms with Crippen molar-refractivity contribution in [2.75, 3.05) is 33.0 Å². The first-order chi connectivity index (χ1) is 5.24. The van der Waals surface area contributed by atoms with Crippen molar-refractivity contribution in [1.82, 2.24) is 0 Å². The highest BCUT2D eigenvalue weighted by molar-refractivity contribution is 4.76. The second kappa shape index (κ2) is 5.49. The Morgan fingerprint density at radius 2 is 1.55 bits per heavy atom. The Kier molecular flexibility index (Phi) is 5.41. The van der Waals surface area contributed by atoms with Gasteiger partial charge in [0.2, 0.25) is 0 Å². The Bertz CT molecular complexity index is 82.2. The predicted molar refractivity (Wildman–Crippen MR) is 40.2 cm³/mol. The summed E-state index contributed by atoms with van der Waals surface area (Å²) in [6.45, 7) is 1.73. The highest BCUT2D eigenvalue weighted by Gasteiger charge is 2.27. The van der Waals surface area contributed by atoms with E-state index in [0.29, 0.717) is 6.61 Å².